The van der Waals surface area contributed by atoms with Gasteiger partial charge in [0.15, 0.2) is 0 Å². The molecule has 2 amide bonds. The Morgan fingerprint density at radius 3 is 2.20 bits per heavy atom. The van der Waals surface area contributed by atoms with Gasteiger partial charge in [-0.05, 0) is 56.7 Å². The predicted molar refractivity (Wildman–Crippen MR) is 140 cm³/mol. The standard InChI is InChI=1S/C24H31Cl2N3O5S/c1-5-27-24(31)17(2)28(16-20-21(25)8-6-9-22(20)26)23(30)10-7-15-29(35(4,32)33)18-11-13-19(34-3)14-12-18/h6,8-9,11-14,17H,5,7,10,15-16H2,1-4H3,(H,27,31)/t17-/m1/s1. The molecule has 0 bridgehead atoms. The van der Waals surface area contributed by atoms with Gasteiger partial charge in [-0.1, -0.05) is 29.3 Å². The van der Waals surface area contributed by atoms with E-state index in [0.29, 0.717) is 33.6 Å². The zero-order chi connectivity index (χ0) is 26.2. The number of nitrogens with zero attached hydrogens (tertiary/aromatic N) is 2. The Kier molecular flexibility index (Phi) is 10.7. The van der Waals surface area contributed by atoms with Crippen LogP contribution in [-0.2, 0) is 26.2 Å². The Hall–Kier alpha value is -2.49. The first kappa shape index (κ1) is 28.7. The first-order chi connectivity index (χ1) is 16.5. The van der Waals surface area contributed by atoms with Crippen LogP contribution >= 0.6 is 23.2 Å². The summed E-state index contributed by atoms with van der Waals surface area (Å²) in [5, 5.41) is 3.50. The Bertz CT molecular complexity index is 1110. The topological polar surface area (TPSA) is 96.0 Å². The largest absolute Gasteiger partial charge is 0.497 e. The van der Waals surface area contributed by atoms with Gasteiger partial charge in [0.1, 0.15) is 11.8 Å². The van der Waals surface area contributed by atoms with Crippen LogP contribution in [-0.4, -0.2) is 57.6 Å². The van der Waals surface area contributed by atoms with E-state index in [1.54, 1.807) is 56.3 Å². The monoisotopic (exact) mass is 543 g/mol. The van der Waals surface area contributed by atoms with Crippen LogP contribution in [0, 0.1) is 0 Å². The minimum absolute atomic E-state index is 0.0218. The predicted octanol–water partition coefficient (Wildman–Crippen LogP) is 4.10. The van der Waals surface area contributed by atoms with Gasteiger partial charge >= 0.3 is 0 Å². The molecule has 192 valence electrons. The maximum Gasteiger partial charge on any atom is 0.242 e. The Morgan fingerprint density at radius 1 is 1.09 bits per heavy atom. The minimum Gasteiger partial charge on any atom is -0.497 e. The van der Waals surface area contributed by atoms with E-state index >= 15 is 0 Å². The zero-order valence-electron chi connectivity index (χ0n) is 20.3. The fourth-order valence-electron chi connectivity index (χ4n) is 3.51. The first-order valence-electron chi connectivity index (χ1n) is 11.1. The molecule has 0 aliphatic rings. The molecule has 0 spiro atoms. The van der Waals surface area contributed by atoms with Crippen LogP contribution in [0.1, 0.15) is 32.3 Å². The van der Waals surface area contributed by atoms with Gasteiger partial charge < -0.3 is 15.0 Å². The number of anilines is 1. The van der Waals surface area contributed by atoms with Crippen molar-refractivity contribution in [3.05, 3.63) is 58.1 Å². The highest BCUT2D eigenvalue weighted by Gasteiger charge is 2.27. The fourth-order valence-corrected chi connectivity index (χ4v) is 4.99. The maximum atomic E-state index is 13.2. The van der Waals surface area contributed by atoms with Crippen molar-refractivity contribution in [1.82, 2.24) is 10.2 Å². The minimum atomic E-state index is -3.58. The molecule has 35 heavy (non-hydrogen) atoms. The van der Waals surface area contributed by atoms with Crippen molar-refractivity contribution >= 4 is 50.7 Å². The molecule has 0 saturated heterocycles. The molecule has 0 aromatic heterocycles. The number of likely N-dealkylation sites (N-methyl/N-ethyl adjacent to an activating group) is 1. The Morgan fingerprint density at radius 2 is 1.69 bits per heavy atom. The fraction of sp³-hybridized carbons (Fsp3) is 0.417. The van der Waals surface area contributed by atoms with Gasteiger partial charge in [0, 0.05) is 41.7 Å². The van der Waals surface area contributed by atoms with Crippen LogP contribution in [0.5, 0.6) is 5.75 Å². The van der Waals surface area contributed by atoms with Crippen LogP contribution < -0.4 is 14.4 Å². The smallest absolute Gasteiger partial charge is 0.242 e. The number of carbonyl (C=O) groups excluding carboxylic acids is 2. The third-order valence-electron chi connectivity index (χ3n) is 5.42. The van der Waals surface area contributed by atoms with Crippen molar-refractivity contribution < 1.29 is 22.7 Å². The van der Waals surface area contributed by atoms with Crippen molar-refractivity contribution in [1.29, 1.82) is 0 Å². The summed E-state index contributed by atoms with van der Waals surface area (Å²) in [6.07, 6.45) is 1.38. The maximum absolute atomic E-state index is 13.2. The lowest BCUT2D eigenvalue weighted by atomic mass is 10.1. The van der Waals surface area contributed by atoms with E-state index in [9.17, 15) is 18.0 Å². The molecule has 8 nitrogen and oxygen atoms in total. The number of hydrogen-bond acceptors (Lipinski definition) is 5. The van der Waals surface area contributed by atoms with Crippen molar-refractivity contribution in [3.63, 3.8) is 0 Å². The third kappa shape index (κ3) is 8.02. The number of ether oxygens (including phenoxy) is 1. The lowest BCUT2D eigenvalue weighted by Gasteiger charge is -2.30. The van der Waals surface area contributed by atoms with Crippen LogP contribution in [0.25, 0.3) is 0 Å². The second kappa shape index (κ2) is 13.0. The molecule has 2 rings (SSSR count). The molecule has 11 heteroatoms. The molecule has 0 aliphatic carbocycles. The molecule has 0 radical (unpaired) electrons. The molecule has 0 unspecified atom stereocenters. The summed E-state index contributed by atoms with van der Waals surface area (Å²) >= 11 is 12.6. The summed E-state index contributed by atoms with van der Waals surface area (Å²) < 4.78 is 31.2. The number of benzene rings is 2. The number of halogens is 2. The van der Waals surface area contributed by atoms with E-state index < -0.39 is 16.1 Å². The summed E-state index contributed by atoms with van der Waals surface area (Å²) in [5.74, 6) is -0.0199. The van der Waals surface area contributed by atoms with E-state index in [-0.39, 0.29) is 37.7 Å². The molecule has 0 heterocycles. The van der Waals surface area contributed by atoms with Gasteiger partial charge in [-0.25, -0.2) is 8.42 Å². The van der Waals surface area contributed by atoms with Gasteiger partial charge in [0.05, 0.1) is 19.1 Å². The summed E-state index contributed by atoms with van der Waals surface area (Å²) in [5.41, 5.74) is 1.01. The molecular formula is C24H31Cl2N3O5S. The summed E-state index contributed by atoms with van der Waals surface area (Å²) in [4.78, 5) is 27.2. The molecule has 2 aromatic rings. The normalized spacial score (nSPS) is 12.1. The zero-order valence-corrected chi connectivity index (χ0v) is 22.6. The number of methoxy groups -OCH3 is 1. The Balaban J connectivity index is 2.20. The lowest BCUT2D eigenvalue weighted by molar-refractivity contribution is -0.140. The van der Waals surface area contributed by atoms with Gasteiger partial charge in [0.2, 0.25) is 21.8 Å². The average molecular weight is 545 g/mol. The summed E-state index contributed by atoms with van der Waals surface area (Å²) in [6.45, 7) is 3.98. The second-order valence-electron chi connectivity index (χ2n) is 7.93. The van der Waals surface area contributed by atoms with Crippen molar-refractivity contribution in [2.24, 2.45) is 0 Å². The van der Waals surface area contributed by atoms with Gasteiger partial charge in [-0.15, -0.1) is 0 Å². The summed E-state index contributed by atoms with van der Waals surface area (Å²) in [7, 11) is -2.06. The molecule has 0 saturated carbocycles. The molecule has 1 atom stereocenters. The highest BCUT2D eigenvalue weighted by Crippen LogP contribution is 2.27. The highest BCUT2D eigenvalue weighted by atomic mass is 35.5. The first-order valence-corrected chi connectivity index (χ1v) is 13.7. The third-order valence-corrected chi connectivity index (χ3v) is 7.32. The second-order valence-corrected chi connectivity index (χ2v) is 10.7. The molecule has 0 aliphatic heterocycles. The van der Waals surface area contributed by atoms with Crippen molar-refractivity contribution in [2.75, 3.05) is 30.8 Å². The molecule has 1 N–H and O–H groups in total. The van der Waals surface area contributed by atoms with Crippen molar-refractivity contribution in [2.45, 2.75) is 39.3 Å². The lowest BCUT2D eigenvalue weighted by Crippen LogP contribution is -2.47. The number of carbonyl (C=O) groups is 2. The number of nitrogens with one attached hydrogen (secondary N) is 1. The number of sulfonamides is 1. The summed E-state index contributed by atoms with van der Waals surface area (Å²) in [6, 6.07) is 10.9. The van der Waals surface area contributed by atoms with E-state index in [1.165, 1.54) is 16.3 Å². The highest BCUT2D eigenvalue weighted by molar-refractivity contribution is 7.92. The molecular weight excluding hydrogens is 513 g/mol. The van der Waals surface area contributed by atoms with E-state index in [4.69, 9.17) is 27.9 Å². The van der Waals surface area contributed by atoms with Gasteiger partial charge in [-0.3, -0.25) is 13.9 Å². The van der Waals surface area contributed by atoms with Crippen LogP contribution in [0.15, 0.2) is 42.5 Å². The average Bonchev–Trinajstić information content (AvgIpc) is 2.80. The number of rotatable bonds is 12. The Labute approximate surface area is 217 Å². The van der Waals surface area contributed by atoms with Crippen molar-refractivity contribution in [3.8, 4) is 5.75 Å². The van der Waals surface area contributed by atoms with Gasteiger partial charge in [0.25, 0.3) is 0 Å². The van der Waals surface area contributed by atoms with E-state index in [1.807, 2.05) is 0 Å². The molecule has 0 fully saturated rings. The van der Waals surface area contributed by atoms with Gasteiger partial charge in [-0.2, -0.15) is 0 Å². The number of hydrogen-bond donors (Lipinski definition) is 1. The number of amides is 2. The quantitative estimate of drug-likeness (QED) is 0.434. The van der Waals surface area contributed by atoms with E-state index in [2.05, 4.69) is 5.32 Å². The molecule has 2 aromatic carbocycles. The van der Waals surface area contributed by atoms with E-state index in [0.717, 1.165) is 6.26 Å². The van der Waals surface area contributed by atoms with Crippen LogP contribution in [0.2, 0.25) is 10.0 Å². The SMILES string of the molecule is CCNC(=O)[C@@H](C)N(Cc1c(Cl)cccc1Cl)C(=O)CCCN(c1ccc(OC)cc1)S(C)(=O)=O. The van der Waals surface area contributed by atoms with Crippen LogP contribution in [0.4, 0.5) is 5.69 Å². The van der Waals surface area contributed by atoms with Crippen LogP contribution in [0.3, 0.4) is 0 Å².